The predicted molar refractivity (Wildman–Crippen MR) is 104 cm³/mol. The molecule has 0 bridgehead atoms. The van der Waals surface area contributed by atoms with Gasteiger partial charge >= 0.3 is 0 Å². The maximum atomic E-state index is 4.79. The van der Waals surface area contributed by atoms with Crippen molar-refractivity contribution in [3.63, 3.8) is 0 Å². The quantitative estimate of drug-likeness (QED) is 0.456. The standard InChI is InChI=1S/C21H14BrN3/c22-17-8-2-1-7-16(17)15-13-20(18-9-3-5-11-23-18)25-21(14-15)19-10-4-6-12-24-19/h1-14H. The van der Waals surface area contributed by atoms with Crippen molar-refractivity contribution in [1.82, 2.24) is 15.0 Å². The minimum atomic E-state index is 0.828. The fourth-order valence-corrected chi connectivity index (χ4v) is 3.19. The summed E-state index contributed by atoms with van der Waals surface area (Å²) in [6, 6.07) is 24.0. The Bertz CT molecular complexity index is 944. The predicted octanol–water partition coefficient (Wildman–Crippen LogP) is 5.64. The van der Waals surface area contributed by atoms with E-state index >= 15 is 0 Å². The zero-order valence-corrected chi connectivity index (χ0v) is 14.9. The first-order chi connectivity index (χ1) is 12.3. The lowest BCUT2D eigenvalue weighted by Crippen LogP contribution is -1.94. The summed E-state index contributed by atoms with van der Waals surface area (Å²) in [5, 5.41) is 0. The van der Waals surface area contributed by atoms with E-state index < -0.39 is 0 Å². The summed E-state index contributed by atoms with van der Waals surface area (Å²) in [6.45, 7) is 0. The summed E-state index contributed by atoms with van der Waals surface area (Å²) in [5.41, 5.74) is 5.52. The smallest absolute Gasteiger partial charge is 0.0900 e. The van der Waals surface area contributed by atoms with Crippen molar-refractivity contribution in [2.24, 2.45) is 0 Å². The molecule has 0 saturated carbocycles. The molecule has 0 radical (unpaired) electrons. The third kappa shape index (κ3) is 3.35. The van der Waals surface area contributed by atoms with E-state index in [2.05, 4.69) is 44.1 Å². The maximum absolute atomic E-state index is 4.79. The van der Waals surface area contributed by atoms with Gasteiger partial charge in [-0.25, -0.2) is 4.98 Å². The Morgan fingerprint density at radius 2 is 1.16 bits per heavy atom. The zero-order chi connectivity index (χ0) is 17.1. The summed E-state index contributed by atoms with van der Waals surface area (Å²) in [4.78, 5) is 13.7. The normalized spacial score (nSPS) is 10.6. The monoisotopic (exact) mass is 387 g/mol. The Balaban J connectivity index is 1.94. The highest BCUT2D eigenvalue weighted by Crippen LogP contribution is 2.32. The number of pyridine rings is 3. The summed E-state index contributed by atoms with van der Waals surface area (Å²) in [7, 11) is 0. The topological polar surface area (TPSA) is 38.7 Å². The average molecular weight is 388 g/mol. The summed E-state index contributed by atoms with van der Waals surface area (Å²) in [6.07, 6.45) is 3.56. The molecule has 3 nitrogen and oxygen atoms in total. The first kappa shape index (κ1) is 15.7. The van der Waals surface area contributed by atoms with Gasteiger partial charge in [0.1, 0.15) is 0 Å². The maximum Gasteiger partial charge on any atom is 0.0900 e. The fourth-order valence-electron chi connectivity index (χ4n) is 2.67. The molecule has 0 aliphatic carbocycles. The third-order valence-electron chi connectivity index (χ3n) is 3.86. The Morgan fingerprint density at radius 3 is 1.68 bits per heavy atom. The van der Waals surface area contributed by atoms with Crippen molar-refractivity contribution in [2.45, 2.75) is 0 Å². The SMILES string of the molecule is Brc1ccccc1-c1cc(-c2ccccn2)nc(-c2ccccn2)c1. The highest BCUT2D eigenvalue weighted by molar-refractivity contribution is 9.10. The molecule has 0 fully saturated rings. The van der Waals surface area contributed by atoms with E-state index in [9.17, 15) is 0 Å². The van der Waals surface area contributed by atoms with Crippen LogP contribution in [0.3, 0.4) is 0 Å². The van der Waals surface area contributed by atoms with E-state index in [1.54, 1.807) is 12.4 Å². The molecule has 3 aromatic heterocycles. The van der Waals surface area contributed by atoms with Crippen LogP contribution < -0.4 is 0 Å². The first-order valence-electron chi connectivity index (χ1n) is 7.91. The fraction of sp³-hybridized carbons (Fsp3) is 0. The molecule has 0 N–H and O–H groups in total. The Labute approximate surface area is 154 Å². The average Bonchev–Trinajstić information content (AvgIpc) is 2.69. The van der Waals surface area contributed by atoms with Crippen molar-refractivity contribution < 1.29 is 0 Å². The number of aromatic nitrogens is 3. The molecule has 1 aromatic carbocycles. The van der Waals surface area contributed by atoms with Gasteiger partial charge in [-0.05, 0) is 53.6 Å². The van der Waals surface area contributed by atoms with Gasteiger partial charge in [-0.15, -0.1) is 0 Å². The van der Waals surface area contributed by atoms with Crippen LogP contribution in [0.4, 0.5) is 0 Å². The van der Waals surface area contributed by atoms with Gasteiger partial charge in [-0.1, -0.05) is 46.3 Å². The van der Waals surface area contributed by atoms with Crippen LogP contribution in [0.15, 0.2) is 89.7 Å². The third-order valence-corrected chi connectivity index (χ3v) is 4.56. The van der Waals surface area contributed by atoms with E-state index in [4.69, 9.17) is 4.98 Å². The largest absolute Gasteiger partial charge is 0.255 e. The van der Waals surface area contributed by atoms with Crippen molar-refractivity contribution in [2.75, 3.05) is 0 Å². The van der Waals surface area contributed by atoms with Crippen LogP contribution in [0.5, 0.6) is 0 Å². The van der Waals surface area contributed by atoms with Crippen LogP contribution >= 0.6 is 15.9 Å². The molecule has 0 aliphatic heterocycles. The molecule has 3 heterocycles. The number of rotatable bonds is 3. The van der Waals surface area contributed by atoms with E-state index in [1.807, 2.05) is 54.6 Å². The van der Waals surface area contributed by atoms with Crippen LogP contribution in [0.1, 0.15) is 0 Å². The van der Waals surface area contributed by atoms with Gasteiger partial charge in [0.15, 0.2) is 0 Å². The molecular formula is C21H14BrN3. The second-order valence-electron chi connectivity index (χ2n) is 5.54. The number of halogens is 1. The van der Waals surface area contributed by atoms with Crippen LogP contribution in [0.25, 0.3) is 33.9 Å². The van der Waals surface area contributed by atoms with E-state index in [-0.39, 0.29) is 0 Å². The zero-order valence-electron chi connectivity index (χ0n) is 13.3. The molecule has 0 atom stereocenters. The number of hydrogen-bond acceptors (Lipinski definition) is 3. The number of nitrogens with zero attached hydrogens (tertiary/aromatic N) is 3. The van der Waals surface area contributed by atoms with Crippen molar-refractivity contribution >= 4 is 15.9 Å². The van der Waals surface area contributed by atoms with Crippen LogP contribution in [0, 0.1) is 0 Å². The second-order valence-corrected chi connectivity index (χ2v) is 6.39. The minimum absolute atomic E-state index is 0.828. The van der Waals surface area contributed by atoms with Gasteiger partial charge in [0.2, 0.25) is 0 Å². The lowest BCUT2D eigenvalue weighted by atomic mass is 10.0. The van der Waals surface area contributed by atoms with Gasteiger partial charge < -0.3 is 0 Å². The van der Waals surface area contributed by atoms with Gasteiger partial charge in [0.05, 0.1) is 22.8 Å². The minimum Gasteiger partial charge on any atom is -0.255 e. The van der Waals surface area contributed by atoms with Gasteiger partial charge in [-0.2, -0.15) is 0 Å². The lowest BCUT2D eigenvalue weighted by molar-refractivity contribution is 1.22. The van der Waals surface area contributed by atoms with E-state index in [1.165, 1.54) is 0 Å². The van der Waals surface area contributed by atoms with E-state index in [0.717, 1.165) is 38.4 Å². The number of benzene rings is 1. The molecule has 4 rings (SSSR count). The summed E-state index contributed by atoms with van der Waals surface area (Å²) >= 11 is 3.64. The molecule has 4 heteroatoms. The van der Waals surface area contributed by atoms with Crippen LogP contribution in [-0.4, -0.2) is 15.0 Å². The molecule has 0 saturated heterocycles. The Hall–Kier alpha value is -2.85. The second kappa shape index (κ2) is 6.95. The molecule has 0 aliphatic rings. The molecule has 0 unspecified atom stereocenters. The molecule has 4 aromatic rings. The summed E-state index contributed by atoms with van der Waals surface area (Å²) < 4.78 is 1.04. The molecular weight excluding hydrogens is 374 g/mol. The Morgan fingerprint density at radius 1 is 0.600 bits per heavy atom. The van der Waals surface area contributed by atoms with Crippen LogP contribution in [-0.2, 0) is 0 Å². The van der Waals surface area contributed by atoms with Crippen molar-refractivity contribution in [3.05, 3.63) is 89.7 Å². The lowest BCUT2D eigenvalue weighted by Gasteiger charge is -2.10. The van der Waals surface area contributed by atoms with E-state index in [0.29, 0.717) is 0 Å². The molecule has 0 amide bonds. The van der Waals surface area contributed by atoms with Gasteiger partial charge in [-0.3, -0.25) is 9.97 Å². The first-order valence-corrected chi connectivity index (χ1v) is 8.70. The molecule has 0 spiro atoms. The highest BCUT2D eigenvalue weighted by atomic mass is 79.9. The molecule has 120 valence electrons. The van der Waals surface area contributed by atoms with Crippen molar-refractivity contribution in [3.8, 4) is 33.9 Å². The van der Waals surface area contributed by atoms with Gasteiger partial charge in [0, 0.05) is 16.9 Å². The van der Waals surface area contributed by atoms with Gasteiger partial charge in [0.25, 0.3) is 0 Å². The highest BCUT2D eigenvalue weighted by Gasteiger charge is 2.11. The van der Waals surface area contributed by atoms with Crippen LogP contribution in [0.2, 0.25) is 0 Å². The van der Waals surface area contributed by atoms with Crippen molar-refractivity contribution in [1.29, 1.82) is 0 Å². The number of hydrogen-bond donors (Lipinski definition) is 0. The summed E-state index contributed by atoms with van der Waals surface area (Å²) in [5.74, 6) is 0. The molecule has 25 heavy (non-hydrogen) atoms. The Kier molecular flexibility index (Phi) is 4.36.